The van der Waals surface area contributed by atoms with Gasteiger partial charge in [0.05, 0.1) is 10.1 Å². The SMILES string of the molecule is CCCCCC(CCCCCCCCCCCO)S(=O)(=O)[O-].[K+]. The first-order valence-corrected chi connectivity index (χ1v) is 10.5. The van der Waals surface area contributed by atoms with Crippen LogP contribution in [0.5, 0.6) is 0 Å². The number of rotatable bonds is 16. The zero-order valence-corrected chi connectivity index (χ0v) is 19.2. The Balaban J connectivity index is 0. The van der Waals surface area contributed by atoms with Crippen molar-refractivity contribution >= 4 is 10.1 Å². The van der Waals surface area contributed by atoms with E-state index in [2.05, 4.69) is 6.92 Å². The van der Waals surface area contributed by atoms with E-state index in [-0.39, 0.29) is 51.4 Å². The van der Waals surface area contributed by atoms with Gasteiger partial charge in [0.1, 0.15) is 0 Å². The van der Waals surface area contributed by atoms with Crippen LogP contribution in [0.15, 0.2) is 0 Å². The Morgan fingerprint density at radius 3 is 1.57 bits per heavy atom. The second kappa shape index (κ2) is 18.3. The summed E-state index contributed by atoms with van der Waals surface area (Å²) < 4.78 is 33.7. The number of aliphatic hydroxyl groups is 1. The van der Waals surface area contributed by atoms with Crippen LogP contribution in [0.25, 0.3) is 0 Å². The van der Waals surface area contributed by atoms with E-state index in [0.29, 0.717) is 19.4 Å². The molecule has 6 heteroatoms. The fourth-order valence-electron chi connectivity index (χ4n) is 2.78. The van der Waals surface area contributed by atoms with Gasteiger partial charge in [-0.25, -0.2) is 8.42 Å². The second-order valence-corrected chi connectivity index (χ2v) is 7.96. The van der Waals surface area contributed by atoms with Crippen LogP contribution in [0.3, 0.4) is 0 Å². The molecule has 1 unspecified atom stereocenters. The van der Waals surface area contributed by atoms with Gasteiger partial charge in [-0.3, -0.25) is 0 Å². The van der Waals surface area contributed by atoms with Crippen molar-refractivity contribution < 1.29 is 69.5 Å². The fraction of sp³-hybridized carbons (Fsp3) is 1.00. The molecule has 0 aromatic heterocycles. The third kappa shape index (κ3) is 18.1. The van der Waals surface area contributed by atoms with Crippen LogP contribution in [0.1, 0.15) is 96.8 Å². The number of hydrogen-bond acceptors (Lipinski definition) is 4. The van der Waals surface area contributed by atoms with E-state index < -0.39 is 15.4 Å². The zero-order chi connectivity index (χ0) is 16.7. The van der Waals surface area contributed by atoms with Crippen LogP contribution in [0.4, 0.5) is 0 Å². The summed E-state index contributed by atoms with van der Waals surface area (Å²) in [6.07, 6.45) is 13.8. The van der Waals surface area contributed by atoms with Crippen molar-refractivity contribution in [2.24, 2.45) is 0 Å². The summed E-state index contributed by atoms with van der Waals surface area (Å²) in [6, 6.07) is 0. The Bertz CT molecular complexity index is 333. The molecule has 134 valence electrons. The van der Waals surface area contributed by atoms with Crippen molar-refractivity contribution in [2.45, 2.75) is 102 Å². The Kier molecular flexibility index (Phi) is 21.3. The first kappa shape index (κ1) is 26.7. The van der Waals surface area contributed by atoms with Gasteiger partial charge in [-0.1, -0.05) is 77.6 Å². The summed E-state index contributed by atoms with van der Waals surface area (Å²) >= 11 is 0. The van der Waals surface area contributed by atoms with E-state index in [9.17, 15) is 13.0 Å². The smallest absolute Gasteiger partial charge is 0.748 e. The predicted molar refractivity (Wildman–Crippen MR) is 90.9 cm³/mol. The van der Waals surface area contributed by atoms with Gasteiger partial charge in [-0.2, -0.15) is 0 Å². The fourth-order valence-corrected chi connectivity index (χ4v) is 3.69. The van der Waals surface area contributed by atoms with Gasteiger partial charge in [-0.15, -0.1) is 0 Å². The van der Waals surface area contributed by atoms with Gasteiger partial charge in [0.2, 0.25) is 0 Å². The Hall–Kier alpha value is 1.51. The molecule has 0 aliphatic rings. The van der Waals surface area contributed by atoms with Crippen molar-refractivity contribution in [2.75, 3.05) is 6.61 Å². The maximum Gasteiger partial charge on any atom is 1.00 e. The van der Waals surface area contributed by atoms with Gasteiger partial charge in [0.25, 0.3) is 0 Å². The Labute approximate surface area is 186 Å². The first-order valence-electron chi connectivity index (χ1n) is 9.08. The van der Waals surface area contributed by atoms with Gasteiger partial charge in [-0.05, 0) is 19.3 Å². The molecule has 0 aliphatic heterocycles. The van der Waals surface area contributed by atoms with Crippen molar-refractivity contribution in [3.63, 3.8) is 0 Å². The quantitative estimate of drug-likeness (QED) is 0.251. The van der Waals surface area contributed by atoms with Gasteiger partial charge in [0, 0.05) is 11.9 Å². The standard InChI is InChI=1S/C17H36O4S.K/c1-2-3-11-14-17(22(19,20)21)15-12-9-7-5-4-6-8-10-13-16-18;/h17-18H,2-16H2,1H3,(H,19,20,21);/q;+1/p-1. The molecule has 0 saturated carbocycles. The average molecular weight is 375 g/mol. The molecule has 0 heterocycles. The molecule has 1 N–H and O–H groups in total. The van der Waals surface area contributed by atoms with Crippen molar-refractivity contribution in [1.29, 1.82) is 0 Å². The molecule has 0 spiro atoms. The zero-order valence-electron chi connectivity index (χ0n) is 15.3. The molecule has 0 saturated heterocycles. The van der Waals surface area contributed by atoms with E-state index in [1.54, 1.807) is 0 Å². The van der Waals surface area contributed by atoms with E-state index >= 15 is 0 Å². The third-order valence-electron chi connectivity index (χ3n) is 4.22. The van der Waals surface area contributed by atoms with E-state index in [1.807, 2.05) is 0 Å². The van der Waals surface area contributed by atoms with Crippen LogP contribution < -0.4 is 51.4 Å². The summed E-state index contributed by atoms with van der Waals surface area (Å²) in [5, 5.41) is 8.00. The molecule has 0 aromatic rings. The minimum atomic E-state index is -4.13. The molecule has 0 aromatic carbocycles. The molecular formula is C17H35KO4S. The maximum atomic E-state index is 11.2. The monoisotopic (exact) mass is 374 g/mol. The minimum Gasteiger partial charge on any atom is -0.748 e. The molecule has 4 nitrogen and oxygen atoms in total. The normalized spacial score (nSPS) is 12.8. The minimum absolute atomic E-state index is 0. The number of unbranched alkanes of at least 4 members (excludes halogenated alkanes) is 10. The van der Waals surface area contributed by atoms with Gasteiger partial charge < -0.3 is 9.66 Å². The molecule has 0 bridgehead atoms. The second-order valence-electron chi connectivity index (χ2n) is 6.30. The molecule has 0 radical (unpaired) electrons. The topological polar surface area (TPSA) is 77.4 Å². The summed E-state index contributed by atoms with van der Waals surface area (Å²) in [7, 11) is -4.13. The molecule has 1 atom stereocenters. The largest absolute Gasteiger partial charge is 1.00 e. The predicted octanol–water partition coefficient (Wildman–Crippen LogP) is 1.38. The van der Waals surface area contributed by atoms with E-state index in [0.717, 1.165) is 51.4 Å². The van der Waals surface area contributed by atoms with Crippen LogP contribution in [0.2, 0.25) is 0 Å². The molecule has 0 rings (SSSR count). The summed E-state index contributed by atoms with van der Waals surface area (Å²) in [4.78, 5) is 0. The van der Waals surface area contributed by atoms with Crippen LogP contribution in [0, 0.1) is 0 Å². The van der Waals surface area contributed by atoms with E-state index in [1.165, 1.54) is 25.7 Å². The van der Waals surface area contributed by atoms with Crippen molar-refractivity contribution in [1.82, 2.24) is 0 Å². The molecule has 0 aliphatic carbocycles. The third-order valence-corrected chi connectivity index (χ3v) is 5.51. The summed E-state index contributed by atoms with van der Waals surface area (Å²) in [5.41, 5.74) is 0. The maximum absolute atomic E-state index is 11.2. The Morgan fingerprint density at radius 2 is 1.17 bits per heavy atom. The summed E-state index contributed by atoms with van der Waals surface area (Å²) in [5.74, 6) is 0. The number of aliphatic hydroxyl groups excluding tert-OH is 1. The molecule has 23 heavy (non-hydrogen) atoms. The average Bonchev–Trinajstić information content (AvgIpc) is 2.46. The van der Waals surface area contributed by atoms with Crippen molar-refractivity contribution in [3.8, 4) is 0 Å². The van der Waals surface area contributed by atoms with Gasteiger partial charge in [0.15, 0.2) is 0 Å². The van der Waals surface area contributed by atoms with E-state index in [4.69, 9.17) is 5.11 Å². The van der Waals surface area contributed by atoms with Crippen LogP contribution >= 0.6 is 0 Å². The van der Waals surface area contributed by atoms with Crippen LogP contribution in [-0.2, 0) is 10.1 Å². The Morgan fingerprint density at radius 1 is 0.783 bits per heavy atom. The number of hydrogen-bond donors (Lipinski definition) is 1. The van der Waals surface area contributed by atoms with Gasteiger partial charge >= 0.3 is 51.4 Å². The van der Waals surface area contributed by atoms with Crippen LogP contribution in [-0.4, -0.2) is 29.9 Å². The molecule has 0 amide bonds. The molecular weight excluding hydrogens is 339 g/mol. The first-order chi connectivity index (χ1) is 10.5. The summed E-state index contributed by atoms with van der Waals surface area (Å²) in [6.45, 7) is 2.37. The molecule has 0 fully saturated rings. The van der Waals surface area contributed by atoms with Crippen molar-refractivity contribution in [3.05, 3.63) is 0 Å².